The molecule has 2 amide bonds. The Morgan fingerprint density at radius 1 is 1.37 bits per heavy atom. The number of fused-ring (bicyclic) bond motifs is 1. The molecule has 0 unspecified atom stereocenters. The van der Waals surface area contributed by atoms with Gasteiger partial charge in [0.25, 0.3) is 0 Å². The van der Waals surface area contributed by atoms with E-state index >= 15 is 0 Å². The smallest absolute Gasteiger partial charge is 0.306 e. The summed E-state index contributed by atoms with van der Waals surface area (Å²) in [5.41, 5.74) is 2.95. The second-order valence-corrected chi connectivity index (χ2v) is 5.59. The number of carbonyl (C=O) groups excluding carboxylic acids is 1. The molecule has 0 atom stereocenters. The third-order valence-corrected chi connectivity index (χ3v) is 3.77. The second-order valence-electron chi connectivity index (χ2n) is 4.35. The number of pyridine rings is 1. The summed E-state index contributed by atoms with van der Waals surface area (Å²) in [7, 11) is 0. The van der Waals surface area contributed by atoms with Crippen LogP contribution in [0.2, 0.25) is 0 Å². The van der Waals surface area contributed by atoms with Crippen LogP contribution < -0.4 is 10.2 Å². The lowest BCUT2D eigenvalue weighted by Gasteiger charge is -2.18. The van der Waals surface area contributed by atoms with Crippen LogP contribution in [0, 0.1) is 3.57 Å². The predicted octanol–water partition coefficient (Wildman–Crippen LogP) is 3.28. The fourth-order valence-electron chi connectivity index (χ4n) is 2.21. The van der Waals surface area contributed by atoms with Crippen LogP contribution in [0.15, 0.2) is 42.7 Å². The molecule has 2 heterocycles. The van der Waals surface area contributed by atoms with Crippen molar-refractivity contribution < 1.29 is 4.79 Å². The lowest BCUT2D eigenvalue weighted by atomic mass is 10.2. The summed E-state index contributed by atoms with van der Waals surface area (Å²) in [6.45, 7) is 0.724. The van der Waals surface area contributed by atoms with Gasteiger partial charge in [0.1, 0.15) is 0 Å². The van der Waals surface area contributed by atoms with Crippen molar-refractivity contribution >= 4 is 40.0 Å². The highest BCUT2D eigenvalue weighted by atomic mass is 127. The van der Waals surface area contributed by atoms with Gasteiger partial charge in [-0.1, -0.05) is 0 Å². The van der Waals surface area contributed by atoms with Gasteiger partial charge < -0.3 is 5.32 Å². The average molecular weight is 365 g/mol. The highest BCUT2D eigenvalue weighted by molar-refractivity contribution is 14.1. The summed E-state index contributed by atoms with van der Waals surface area (Å²) in [6.07, 6.45) is 4.23. The van der Waals surface area contributed by atoms with Gasteiger partial charge in [-0.25, -0.2) is 4.79 Å². The number of halogens is 1. The SMILES string of the molecule is O=C(Nc1cccnc1)N1CCc2cc(I)ccc21. The fraction of sp³-hybridized carbons (Fsp3) is 0.143. The van der Waals surface area contributed by atoms with E-state index in [-0.39, 0.29) is 6.03 Å². The van der Waals surface area contributed by atoms with E-state index in [4.69, 9.17) is 0 Å². The van der Waals surface area contributed by atoms with Crippen molar-refractivity contribution in [1.29, 1.82) is 0 Å². The number of urea groups is 1. The third-order valence-electron chi connectivity index (χ3n) is 3.10. The Morgan fingerprint density at radius 2 is 2.26 bits per heavy atom. The molecule has 1 aromatic heterocycles. The van der Waals surface area contributed by atoms with Crippen molar-refractivity contribution in [2.45, 2.75) is 6.42 Å². The summed E-state index contributed by atoms with van der Waals surface area (Å²) in [5, 5.41) is 2.86. The van der Waals surface area contributed by atoms with Crippen molar-refractivity contribution in [3.05, 3.63) is 51.9 Å². The highest BCUT2D eigenvalue weighted by Crippen LogP contribution is 2.29. The van der Waals surface area contributed by atoms with E-state index < -0.39 is 0 Å². The summed E-state index contributed by atoms with van der Waals surface area (Å²) >= 11 is 2.29. The Hall–Kier alpha value is -1.63. The molecule has 0 spiro atoms. The zero-order chi connectivity index (χ0) is 13.2. The minimum atomic E-state index is -0.104. The summed E-state index contributed by atoms with van der Waals surface area (Å²) in [6, 6.07) is 9.69. The number of hydrogen-bond donors (Lipinski definition) is 1. The van der Waals surface area contributed by atoms with Crippen LogP contribution in [0.4, 0.5) is 16.2 Å². The van der Waals surface area contributed by atoms with Gasteiger partial charge in [0.15, 0.2) is 0 Å². The topological polar surface area (TPSA) is 45.2 Å². The maximum Gasteiger partial charge on any atom is 0.326 e. The summed E-state index contributed by atoms with van der Waals surface area (Å²) in [5.74, 6) is 0. The van der Waals surface area contributed by atoms with Crippen molar-refractivity contribution in [3.8, 4) is 0 Å². The molecule has 1 N–H and O–H groups in total. The van der Waals surface area contributed by atoms with E-state index in [1.54, 1.807) is 23.4 Å². The number of amides is 2. The number of nitrogens with one attached hydrogen (secondary N) is 1. The lowest BCUT2D eigenvalue weighted by molar-refractivity contribution is 0.257. The number of benzene rings is 1. The van der Waals surface area contributed by atoms with Gasteiger partial charge >= 0.3 is 6.03 Å². The number of nitrogens with zero attached hydrogens (tertiary/aromatic N) is 2. The van der Waals surface area contributed by atoms with E-state index in [0.717, 1.165) is 18.7 Å². The summed E-state index contributed by atoms with van der Waals surface area (Å²) < 4.78 is 1.20. The van der Waals surface area contributed by atoms with Gasteiger partial charge in [-0.2, -0.15) is 0 Å². The molecule has 2 aromatic rings. The van der Waals surface area contributed by atoms with Gasteiger partial charge in [-0.15, -0.1) is 0 Å². The molecule has 1 aliphatic heterocycles. The number of aromatic nitrogens is 1. The Kier molecular flexibility index (Phi) is 3.37. The monoisotopic (exact) mass is 365 g/mol. The number of rotatable bonds is 1. The molecule has 4 nitrogen and oxygen atoms in total. The molecular weight excluding hydrogens is 353 g/mol. The van der Waals surface area contributed by atoms with E-state index in [2.05, 4.69) is 39.0 Å². The van der Waals surface area contributed by atoms with Gasteiger partial charge in [0.2, 0.25) is 0 Å². The van der Waals surface area contributed by atoms with E-state index in [0.29, 0.717) is 5.69 Å². The third kappa shape index (κ3) is 2.56. The first-order valence-corrected chi connectivity index (χ1v) is 7.09. The molecule has 1 aromatic carbocycles. The predicted molar refractivity (Wildman–Crippen MR) is 83.5 cm³/mol. The van der Waals surface area contributed by atoms with E-state index in [9.17, 15) is 4.79 Å². The fourth-order valence-corrected chi connectivity index (χ4v) is 2.76. The van der Waals surface area contributed by atoms with Crippen LogP contribution >= 0.6 is 22.6 Å². The molecule has 0 fully saturated rings. The van der Waals surface area contributed by atoms with Gasteiger partial charge in [-0.05, 0) is 64.9 Å². The van der Waals surface area contributed by atoms with Crippen molar-refractivity contribution in [3.63, 3.8) is 0 Å². The van der Waals surface area contributed by atoms with Crippen molar-refractivity contribution in [2.24, 2.45) is 0 Å². The molecule has 1 aliphatic rings. The van der Waals surface area contributed by atoms with E-state index in [1.165, 1.54) is 9.13 Å². The van der Waals surface area contributed by atoms with Crippen LogP contribution in [0.3, 0.4) is 0 Å². The first-order valence-electron chi connectivity index (χ1n) is 6.01. The molecular formula is C14H12IN3O. The number of carbonyl (C=O) groups is 1. The normalized spacial score (nSPS) is 13.2. The zero-order valence-electron chi connectivity index (χ0n) is 10.1. The van der Waals surface area contributed by atoms with Crippen LogP contribution in [0.1, 0.15) is 5.56 Å². The number of anilines is 2. The summed E-state index contributed by atoms with van der Waals surface area (Å²) in [4.78, 5) is 18.0. The Balaban J connectivity index is 1.80. The van der Waals surface area contributed by atoms with Crippen LogP contribution in [-0.4, -0.2) is 17.6 Å². The molecule has 3 rings (SSSR count). The van der Waals surface area contributed by atoms with Crippen LogP contribution in [0.5, 0.6) is 0 Å². The van der Waals surface area contributed by atoms with E-state index in [1.807, 2.05) is 18.2 Å². The minimum Gasteiger partial charge on any atom is -0.306 e. The highest BCUT2D eigenvalue weighted by Gasteiger charge is 2.24. The van der Waals surface area contributed by atoms with Gasteiger partial charge in [0, 0.05) is 22.0 Å². The maximum absolute atomic E-state index is 12.2. The minimum absolute atomic E-state index is 0.104. The Morgan fingerprint density at radius 3 is 3.05 bits per heavy atom. The Bertz CT molecular complexity index is 615. The largest absolute Gasteiger partial charge is 0.326 e. The van der Waals surface area contributed by atoms with Crippen LogP contribution in [-0.2, 0) is 6.42 Å². The number of hydrogen-bond acceptors (Lipinski definition) is 2. The zero-order valence-corrected chi connectivity index (χ0v) is 12.3. The maximum atomic E-state index is 12.2. The Labute approximate surface area is 125 Å². The first-order chi connectivity index (χ1) is 9.24. The molecule has 19 heavy (non-hydrogen) atoms. The van der Waals surface area contributed by atoms with Crippen molar-refractivity contribution in [1.82, 2.24) is 4.98 Å². The second kappa shape index (κ2) is 5.16. The molecule has 0 radical (unpaired) electrons. The van der Waals surface area contributed by atoms with Crippen LogP contribution in [0.25, 0.3) is 0 Å². The molecule has 96 valence electrons. The first kappa shape index (κ1) is 12.4. The molecule has 0 saturated carbocycles. The molecule has 0 saturated heterocycles. The average Bonchev–Trinajstić information content (AvgIpc) is 2.82. The standard InChI is InChI=1S/C14H12IN3O/c15-11-3-4-13-10(8-11)5-7-18(13)14(19)17-12-2-1-6-16-9-12/h1-4,6,8-9H,5,7H2,(H,17,19). The van der Waals surface area contributed by atoms with Crippen molar-refractivity contribution in [2.75, 3.05) is 16.8 Å². The van der Waals surface area contributed by atoms with Gasteiger partial charge in [-0.3, -0.25) is 9.88 Å². The molecule has 0 aliphatic carbocycles. The molecule has 5 heteroatoms. The molecule has 0 bridgehead atoms. The lowest BCUT2D eigenvalue weighted by Crippen LogP contribution is -2.33. The quantitative estimate of drug-likeness (QED) is 0.789. The van der Waals surface area contributed by atoms with Gasteiger partial charge in [0.05, 0.1) is 11.9 Å².